The van der Waals surface area contributed by atoms with Gasteiger partial charge in [-0.05, 0) is 60.8 Å². The Morgan fingerprint density at radius 3 is 2.38 bits per heavy atom. The maximum absolute atomic E-state index is 12.9. The van der Waals surface area contributed by atoms with E-state index in [4.69, 9.17) is 17.0 Å². The van der Waals surface area contributed by atoms with Crippen LogP contribution in [0.25, 0.3) is 5.69 Å². The second kappa shape index (κ2) is 9.49. The number of rotatable bonds is 7. The lowest BCUT2D eigenvalue weighted by atomic mass is 10.2. The molecule has 11 heteroatoms. The Morgan fingerprint density at radius 1 is 1.00 bits per heavy atom. The van der Waals surface area contributed by atoms with E-state index in [-0.39, 0.29) is 0 Å². The summed E-state index contributed by atoms with van der Waals surface area (Å²) in [5.74, 6) is 0.688. The molecule has 1 aliphatic heterocycles. The molecule has 0 atom stereocenters. The van der Waals surface area contributed by atoms with Crippen molar-refractivity contribution in [2.24, 2.45) is 0 Å². The van der Waals surface area contributed by atoms with Gasteiger partial charge in [0.25, 0.3) is 0 Å². The monoisotopic (exact) mass is 474 g/mol. The lowest BCUT2D eigenvalue weighted by Gasteiger charge is -2.33. The van der Waals surface area contributed by atoms with Gasteiger partial charge in [0, 0.05) is 26.2 Å². The van der Waals surface area contributed by atoms with Gasteiger partial charge in [-0.2, -0.15) is 8.99 Å². The van der Waals surface area contributed by atoms with E-state index in [0.717, 1.165) is 11.3 Å². The highest BCUT2D eigenvalue weighted by Gasteiger charge is 2.28. The topological polar surface area (TPSA) is 85.5 Å². The van der Waals surface area contributed by atoms with E-state index >= 15 is 0 Å². The Balaban J connectivity index is 1.43. The minimum atomic E-state index is -3.49. The standard InChI is InChI=1S/C21H26N6O3S2/c1-3-30-20-7-5-4-6-19(20)27-21(31)26(22-23-27)16-24-12-14-25(15-13-24)32(28,29)18-10-8-17(2)9-11-18/h4-11H,3,12-16H2,1-2H3. The number of nitrogens with zero attached hydrogens (tertiary/aromatic N) is 6. The van der Waals surface area contributed by atoms with Crippen LogP contribution in [0.2, 0.25) is 0 Å². The van der Waals surface area contributed by atoms with Crippen molar-refractivity contribution in [1.82, 2.24) is 29.0 Å². The van der Waals surface area contributed by atoms with E-state index in [2.05, 4.69) is 15.3 Å². The van der Waals surface area contributed by atoms with Crippen LogP contribution < -0.4 is 4.74 Å². The third-order valence-electron chi connectivity index (χ3n) is 5.36. The van der Waals surface area contributed by atoms with Gasteiger partial charge in [0.2, 0.25) is 14.8 Å². The zero-order chi connectivity index (χ0) is 22.7. The van der Waals surface area contributed by atoms with Gasteiger partial charge < -0.3 is 4.74 Å². The Morgan fingerprint density at radius 2 is 1.69 bits per heavy atom. The number of hydrogen-bond acceptors (Lipinski definition) is 7. The Bertz CT molecular complexity index is 1230. The highest BCUT2D eigenvalue weighted by molar-refractivity contribution is 7.89. The van der Waals surface area contributed by atoms with Gasteiger partial charge >= 0.3 is 0 Å². The lowest BCUT2D eigenvalue weighted by Crippen LogP contribution is -2.48. The van der Waals surface area contributed by atoms with Gasteiger partial charge in [-0.3, -0.25) is 4.90 Å². The van der Waals surface area contributed by atoms with Crippen molar-refractivity contribution in [1.29, 1.82) is 0 Å². The van der Waals surface area contributed by atoms with Gasteiger partial charge in [-0.1, -0.05) is 29.8 Å². The third-order valence-corrected chi connectivity index (χ3v) is 7.65. The highest BCUT2D eigenvalue weighted by Crippen LogP contribution is 2.22. The fraction of sp³-hybridized carbons (Fsp3) is 0.381. The molecule has 1 aliphatic rings. The molecule has 2 aromatic carbocycles. The fourth-order valence-corrected chi connectivity index (χ4v) is 5.24. The molecule has 4 rings (SSSR count). The first-order chi connectivity index (χ1) is 15.4. The number of piperazine rings is 1. The molecule has 0 bridgehead atoms. The van der Waals surface area contributed by atoms with E-state index in [1.807, 2.05) is 50.2 Å². The van der Waals surface area contributed by atoms with Crippen molar-refractivity contribution >= 4 is 22.2 Å². The number of aromatic nitrogens is 4. The summed E-state index contributed by atoms with van der Waals surface area (Å²) in [5.41, 5.74) is 1.77. The number of aryl methyl sites for hydroxylation is 1. The number of benzene rings is 2. The smallest absolute Gasteiger partial charge is 0.243 e. The molecule has 2 heterocycles. The van der Waals surface area contributed by atoms with Crippen molar-refractivity contribution in [3.63, 3.8) is 0 Å². The SMILES string of the molecule is CCOc1ccccc1-n1nnn(CN2CCN(S(=O)(=O)c3ccc(C)cc3)CC2)c1=S. The van der Waals surface area contributed by atoms with Gasteiger partial charge in [-0.25, -0.2) is 13.1 Å². The minimum Gasteiger partial charge on any atom is -0.492 e. The normalized spacial score (nSPS) is 15.7. The summed E-state index contributed by atoms with van der Waals surface area (Å²) in [4.78, 5) is 2.44. The molecule has 0 amide bonds. The molecule has 0 unspecified atom stereocenters. The minimum absolute atomic E-state index is 0.328. The van der Waals surface area contributed by atoms with Crippen LogP contribution in [0.4, 0.5) is 0 Å². The maximum Gasteiger partial charge on any atom is 0.243 e. The quantitative estimate of drug-likeness (QED) is 0.486. The molecule has 0 spiro atoms. The summed E-state index contributed by atoms with van der Waals surface area (Å²) in [6, 6.07) is 14.5. The molecule has 3 aromatic rings. The second-order valence-electron chi connectivity index (χ2n) is 7.55. The summed E-state index contributed by atoms with van der Waals surface area (Å²) in [5, 5.41) is 8.42. The molecular formula is C21H26N6O3S2. The van der Waals surface area contributed by atoms with Crippen LogP contribution in [0.15, 0.2) is 53.4 Å². The van der Waals surface area contributed by atoms with Gasteiger partial charge in [-0.15, -0.1) is 0 Å². The van der Waals surface area contributed by atoms with Crippen LogP contribution in [0.5, 0.6) is 5.75 Å². The zero-order valence-electron chi connectivity index (χ0n) is 18.1. The van der Waals surface area contributed by atoms with Crippen LogP contribution in [0.1, 0.15) is 12.5 Å². The van der Waals surface area contributed by atoms with Crippen molar-refractivity contribution in [2.45, 2.75) is 25.4 Å². The van der Waals surface area contributed by atoms with Crippen molar-refractivity contribution < 1.29 is 13.2 Å². The van der Waals surface area contributed by atoms with E-state index in [1.54, 1.807) is 21.5 Å². The number of hydrogen-bond donors (Lipinski definition) is 0. The van der Waals surface area contributed by atoms with Crippen molar-refractivity contribution in [2.75, 3.05) is 32.8 Å². The largest absolute Gasteiger partial charge is 0.492 e. The maximum atomic E-state index is 12.9. The first-order valence-electron chi connectivity index (χ1n) is 10.4. The average Bonchev–Trinajstić information content (AvgIpc) is 3.15. The van der Waals surface area contributed by atoms with Gasteiger partial charge in [0.05, 0.1) is 18.2 Å². The van der Waals surface area contributed by atoms with E-state index in [9.17, 15) is 8.42 Å². The van der Waals surface area contributed by atoms with Crippen LogP contribution in [-0.4, -0.2) is 70.2 Å². The molecule has 1 aromatic heterocycles. The van der Waals surface area contributed by atoms with Crippen molar-refractivity contribution in [3.05, 3.63) is 58.9 Å². The second-order valence-corrected chi connectivity index (χ2v) is 9.85. The molecule has 32 heavy (non-hydrogen) atoms. The third kappa shape index (κ3) is 4.60. The number of para-hydroxylation sites is 2. The summed E-state index contributed by atoms with van der Waals surface area (Å²) in [6.07, 6.45) is 0. The predicted octanol–water partition coefficient (Wildman–Crippen LogP) is 2.47. The van der Waals surface area contributed by atoms with Gasteiger partial charge in [0.15, 0.2) is 0 Å². The average molecular weight is 475 g/mol. The Labute approximate surface area is 192 Å². The number of tetrazole rings is 1. The van der Waals surface area contributed by atoms with E-state index in [1.165, 1.54) is 4.31 Å². The molecule has 1 saturated heterocycles. The first kappa shape index (κ1) is 22.6. The van der Waals surface area contributed by atoms with Crippen molar-refractivity contribution in [3.8, 4) is 11.4 Å². The molecule has 0 N–H and O–H groups in total. The Hall–Kier alpha value is -2.60. The van der Waals surface area contributed by atoms with Gasteiger partial charge in [0.1, 0.15) is 11.4 Å². The molecule has 9 nitrogen and oxygen atoms in total. The van der Waals surface area contributed by atoms with E-state index < -0.39 is 10.0 Å². The summed E-state index contributed by atoms with van der Waals surface area (Å²) in [6.45, 7) is 6.81. The lowest BCUT2D eigenvalue weighted by molar-refractivity contribution is 0.144. The van der Waals surface area contributed by atoms with Crippen LogP contribution in [0.3, 0.4) is 0 Å². The number of sulfonamides is 1. The Kier molecular flexibility index (Phi) is 6.70. The summed E-state index contributed by atoms with van der Waals surface area (Å²) >= 11 is 5.59. The molecule has 0 saturated carbocycles. The molecule has 170 valence electrons. The van der Waals surface area contributed by atoms with Crippen LogP contribution in [0, 0.1) is 11.7 Å². The molecular weight excluding hydrogens is 448 g/mol. The summed E-state index contributed by atoms with van der Waals surface area (Å²) < 4.78 is 36.7. The van der Waals surface area contributed by atoms with E-state index in [0.29, 0.717) is 54.9 Å². The molecule has 1 fully saturated rings. The molecule has 0 aliphatic carbocycles. The number of ether oxygens (including phenoxy) is 1. The van der Waals surface area contributed by atoms with Crippen LogP contribution in [-0.2, 0) is 16.7 Å². The predicted molar refractivity (Wildman–Crippen MR) is 123 cm³/mol. The first-order valence-corrected chi connectivity index (χ1v) is 12.3. The fourth-order valence-electron chi connectivity index (χ4n) is 3.58. The highest BCUT2D eigenvalue weighted by atomic mass is 32.2. The zero-order valence-corrected chi connectivity index (χ0v) is 19.7. The summed E-state index contributed by atoms with van der Waals surface area (Å²) in [7, 11) is -3.49. The molecule has 0 radical (unpaired) electrons. The van der Waals surface area contributed by atoms with Crippen LogP contribution >= 0.6 is 12.2 Å².